The Labute approximate surface area is 176 Å². The van der Waals surface area contributed by atoms with E-state index in [-0.39, 0.29) is 11.9 Å². The highest BCUT2D eigenvalue weighted by Crippen LogP contribution is 2.37. The fraction of sp³-hybridized carbons (Fsp3) is 0.292. The van der Waals surface area contributed by atoms with E-state index in [0.29, 0.717) is 31.5 Å². The van der Waals surface area contributed by atoms with Gasteiger partial charge in [-0.05, 0) is 36.1 Å². The van der Waals surface area contributed by atoms with Gasteiger partial charge in [0.25, 0.3) is 5.91 Å². The molecule has 4 rings (SSSR count). The molecule has 0 unspecified atom stereocenters. The summed E-state index contributed by atoms with van der Waals surface area (Å²) >= 11 is 0. The highest BCUT2D eigenvalue weighted by Gasteiger charge is 2.44. The van der Waals surface area contributed by atoms with E-state index >= 15 is 0 Å². The number of ether oxygens (including phenoxy) is 1. The molecule has 6 heteroatoms. The van der Waals surface area contributed by atoms with Gasteiger partial charge in [0.05, 0.1) is 18.9 Å². The summed E-state index contributed by atoms with van der Waals surface area (Å²) in [4.78, 5) is 31.6. The lowest BCUT2D eigenvalue weighted by molar-refractivity contribution is -0.149. The number of nitrogens with zero attached hydrogens (tertiary/aromatic N) is 3. The molecule has 3 aromatic rings. The van der Waals surface area contributed by atoms with Gasteiger partial charge in [-0.3, -0.25) is 9.59 Å². The molecule has 2 aromatic carbocycles. The summed E-state index contributed by atoms with van der Waals surface area (Å²) in [6.07, 6.45) is 6.53. The lowest BCUT2D eigenvalue weighted by atomic mass is 9.72. The molecule has 6 nitrogen and oxygen atoms in total. The van der Waals surface area contributed by atoms with Gasteiger partial charge in [0, 0.05) is 37.6 Å². The smallest absolute Gasteiger partial charge is 0.316 e. The van der Waals surface area contributed by atoms with Crippen LogP contribution in [0.4, 0.5) is 0 Å². The average Bonchev–Trinajstić information content (AvgIpc) is 3.32. The van der Waals surface area contributed by atoms with Crippen LogP contribution in [0.15, 0.2) is 73.3 Å². The number of amides is 1. The molecule has 1 aliphatic heterocycles. The number of carbonyl (C=O) groups is 2. The normalized spacial score (nSPS) is 15.6. The molecule has 0 atom stereocenters. The summed E-state index contributed by atoms with van der Waals surface area (Å²) in [6, 6.07) is 17.4. The minimum absolute atomic E-state index is 0.00397. The second kappa shape index (κ2) is 8.53. The first-order valence-corrected chi connectivity index (χ1v) is 10.1. The van der Waals surface area contributed by atoms with Crippen molar-refractivity contribution in [1.82, 2.24) is 14.5 Å². The highest BCUT2D eigenvalue weighted by molar-refractivity contribution is 5.94. The third-order valence-electron chi connectivity index (χ3n) is 5.93. The summed E-state index contributed by atoms with van der Waals surface area (Å²) in [5.74, 6) is -0.236. The molecule has 2 heterocycles. The van der Waals surface area contributed by atoms with Crippen molar-refractivity contribution in [3.8, 4) is 0 Å². The van der Waals surface area contributed by atoms with E-state index in [1.165, 1.54) is 7.11 Å². The van der Waals surface area contributed by atoms with Crippen LogP contribution >= 0.6 is 0 Å². The lowest BCUT2D eigenvalue weighted by Gasteiger charge is -2.40. The van der Waals surface area contributed by atoms with E-state index < -0.39 is 5.41 Å². The number of esters is 1. The molecule has 1 amide bonds. The monoisotopic (exact) mass is 403 g/mol. The Morgan fingerprint density at radius 2 is 1.73 bits per heavy atom. The average molecular weight is 403 g/mol. The molecule has 1 aliphatic rings. The molecule has 154 valence electrons. The predicted molar refractivity (Wildman–Crippen MR) is 113 cm³/mol. The molecule has 0 radical (unpaired) electrons. The molecule has 30 heavy (non-hydrogen) atoms. The van der Waals surface area contributed by atoms with Crippen molar-refractivity contribution in [3.05, 3.63) is 90.0 Å². The summed E-state index contributed by atoms with van der Waals surface area (Å²) in [7, 11) is 1.43. The second-order valence-electron chi connectivity index (χ2n) is 7.66. The van der Waals surface area contributed by atoms with E-state index in [2.05, 4.69) is 4.98 Å². The van der Waals surface area contributed by atoms with Crippen LogP contribution < -0.4 is 0 Å². The van der Waals surface area contributed by atoms with Crippen LogP contribution in [0, 0.1) is 0 Å². The number of likely N-dealkylation sites (tertiary alicyclic amines) is 1. The molecule has 1 saturated heterocycles. The van der Waals surface area contributed by atoms with Crippen LogP contribution in [0.1, 0.15) is 34.3 Å². The van der Waals surface area contributed by atoms with Gasteiger partial charge in [0.1, 0.15) is 0 Å². The van der Waals surface area contributed by atoms with Crippen molar-refractivity contribution >= 4 is 11.9 Å². The number of carbonyl (C=O) groups excluding carboxylic acids is 2. The Balaban J connectivity index is 1.45. The van der Waals surface area contributed by atoms with Crippen molar-refractivity contribution in [2.24, 2.45) is 0 Å². The molecule has 0 spiro atoms. The van der Waals surface area contributed by atoms with Crippen LogP contribution in [-0.2, 0) is 21.5 Å². The van der Waals surface area contributed by atoms with E-state index in [0.717, 1.165) is 17.7 Å². The Morgan fingerprint density at radius 3 is 2.33 bits per heavy atom. The van der Waals surface area contributed by atoms with Crippen molar-refractivity contribution < 1.29 is 14.3 Å². The maximum atomic E-state index is 13.0. The zero-order valence-electron chi connectivity index (χ0n) is 17.0. The van der Waals surface area contributed by atoms with Crippen molar-refractivity contribution in [2.45, 2.75) is 24.8 Å². The third-order valence-corrected chi connectivity index (χ3v) is 5.93. The minimum atomic E-state index is -0.693. The number of benzene rings is 2. The van der Waals surface area contributed by atoms with Gasteiger partial charge in [-0.2, -0.15) is 0 Å². The quantitative estimate of drug-likeness (QED) is 0.614. The highest BCUT2D eigenvalue weighted by atomic mass is 16.5. The number of hydrogen-bond acceptors (Lipinski definition) is 4. The van der Waals surface area contributed by atoms with E-state index in [1.54, 1.807) is 12.5 Å². The van der Waals surface area contributed by atoms with E-state index in [9.17, 15) is 9.59 Å². The van der Waals surface area contributed by atoms with E-state index in [4.69, 9.17) is 4.74 Å². The first-order valence-electron chi connectivity index (χ1n) is 10.1. The van der Waals surface area contributed by atoms with Crippen LogP contribution in [0.5, 0.6) is 0 Å². The SMILES string of the molecule is COC(=O)C1(c2ccccc2)CCN(C(=O)c2ccc(Cn3ccnc3)cc2)CC1. The predicted octanol–water partition coefficient (Wildman–Crippen LogP) is 3.28. The Bertz CT molecular complexity index is 990. The summed E-state index contributed by atoms with van der Waals surface area (Å²) in [5, 5.41) is 0. The molecular formula is C24H25N3O3. The van der Waals surface area contributed by atoms with Crippen molar-refractivity contribution in [1.29, 1.82) is 0 Å². The van der Waals surface area contributed by atoms with Crippen LogP contribution in [-0.4, -0.2) is 46.5 Å². The first-order chi connectivity index (χ1) is 14.6. The topological polar surface area (TPSA) is 64.4 Å². The molecule has 0 aliphatic carbocycles. The van der Waals surface area contributed by atoms with Gasteiger partial charge in [-0.25, -0.2) is 4.98 Å². The van der Waals surface area contributed by atoms with Gasteiger partial charge in [0.15, 0.2) is 0 Å². The van der Waals surface area contributed by atoms with Crippen LogP contribution in [0.25, 0.3) is 0 Å². The summed E-state index contributed by atoms with van der Waals surface area (Å²) < 4.78 is 7.12. The fourth-order valence-corrected chi connectivity index (χ4v) is 4.18. The van der Waals surface area contributed by atoms with Gasteiger partial charge >= 0.3 is 5.97 Å². The van der Waals surface area contributed by atoms with Gasteiger partial charge < -0.3 is 14.2 Å². The molecule has 0 bridgehead atoms. The number of imidazole rings is 1. The number of rotatable bonds is 5. The number of piperidine rings is 1. The summed E-state index contributed by atoms with van der Waals surface area (Å²) in [6.45, 7) is 1.75. The summed E-state index contributed by atoms with van der Waals surface area (Å²) in [5.41, 5.74) is 2.03. The molecule has 0 saturated carbocycles. The molecule has 0 N–H and O–H groups in total. The molecular weight excluding hydrogens is 378 g/mol. The first kappa shape index (κ1) is 19.9. The lowest BCUT2D eigenvalue weighted by Crippen LogP contribution is -2.49. The van der Waals surface area contributed by atoms with Crippen LogP contribution in [0.3, 0.4) is 0 Å². The van der Waals surface area contributed by atoms with Crippen LogP contribution in [0.2, 0.25) is 0 Å². The molecule has 1 fully saturated rings. The second-order valence-corrected chi connectivity index (χ2v) is 7.66. The standard InChI is InChI=1S/C24H25N3O3/c1-30-23(29)24(21-5-3-2-4-6-21)11-14-27(15-12-24)22(28)20-9-7-19(8-10-20)17-26-16-13-25-18-26/h2-10,13,16,18H,11-12,14-15,17H2,1H3. The number of methoxy groups -OCH3 is 1. The molecule has 1 aromatic heterocycles. The van der Waals surface area contributed by atoms with E-state index in [1.807, 2.05) is 70.3 Å². The van der Waals surface area contributed by atoms with Gasteiger partial charge in [-0.15, -0.1) is 0 Å². The van der Waals surface area contributed by atoms with Crippen molar-refractivity contribution in [2.75, 3.05) is 20.2 Å². The zero-order chi connectivity index (χ0) is 21.0. The Kier molecular flexibility index (Phi) is 5.65. The van der Waals surface area contributed by atoms with Crippen molar-refractivity contribution in [3.63, 3.8) is 0 Å². The van der Waals surface area contributed by atoms with Gasteiger partial charge in [0.2, 0.25) is 0 Å². The Hall–Kier alpha value is -3.41. The maximum absolute atomic E-state index is 13.0. The largest absolute Gasteiger partial charge is 0.468 e. The number of hydrogen-bond donors (Lipinski definition) is 0. The Morgan fingerprint density at radius 1 is 1.03 bits per heavy atom. The fourth-order valence-electron chi connectivity index (χ4n) is 4.18. The zero-order valence-corrected chi connectivity index (χ0v) is 17.0. The van der Waals surface area contributed by atoms with Gasteiger partial charge in [-0.1, -0.05) is 42.5 Å². The number of aromatic nitrogens is 2. The maximum Gasteiger partial charge on any atom is 0.316 e. The third kappa shape index (κ3) is 3.85. The minimum Gasteiger partial charge on any atom is -0.468 e.